The van der Waals surface area contributed by atoms with Gasteiger partial charge in [-0.15, -0.1) is 5.10 Å². The van der Waals surface area contributed by atoms with Crippen LogP contribution in [0.4, 0.5) is 0 Å². The molecular weight excluding hydrogens is 348 g/mol. The quantitative estimate of drug-likeness (QED) is 0.515. The third kappa shape index (κ3) is 2.78. The molecule has 1 aliphatic rings. The second-order valence-corrected chi connectivity index (χ2v) is 6.86. The Morgan fingerprint density at radius 2 is 2.08 bits per heavy atom. The molecule has 0 N–H and O–H groups in total. The SMILES string of the molecule is C1=Cc2nc(Sc3ncnc4c3nnn4Cc3ccccc3)oc2CC1. The van der Waals surface area contributed by atoms with Crippen LogP contribution in [0.2, 0.25) is 0 Å². The molecule has 128 valence electrons. The van der Waals surface area contributed by atoms with E-state index >= 15 is 0 Å². The Bertz CT molecular complexity index is 1100. The molecule has 1 aromatic carbocycles. The number of hydrogen-bond acceptors (Lipinski definition) is 7. The molecule has 5 rings (SSSR count). The van der Waals surface area contributed by atoms with Gasteiger partial charge in [0.15, 0.2) is 11.2 Å². The van der Waals surface area contributed by atoms with Crippen LogP contribution in [0, 0.1) is 0 Å². The Balaban J connectivity index is 1.47. The van der Waals surface area contributed by atoms with Gasteiger partial charge in [0.2, 0.25) is 0 Å². The summed E-state index contributed by atoms with van der Waals surface area (Å²) in [6, 6.07) is 10.1. The van der Waals surface area contributed by atoms with Crippen LogP contribution in [-0.4, -0.2) is 29.9 Å². The molecule has 1 aliphatic carbocycles. The molecule has 7 nitrogen and oxygen atoms in total. The Morgan fingerprint density at radius 3 is 2.96 bits per heavy atom. The lowest BCUT2D eigenvalue weighted by molar-refractivity contribution is 0.416. The molecule has 0 saturated heterocycles. The molecule has 0 unspecified atom stereocenters. The summed E-state index contributed by atoms with van der Waals surface area (Å²) in [7, 11) is 0. The number of rotatable bonds is 4. The number of oxazole rings is 1. The second kappa shape index (κ2) is 6.38. The minimum absolute atomic E-state index is 0.569. The zero-order chi connectivity index (χ0) is 17.3. The third-order valence-corrected chi connectivity index (χ3v) is 4.99. The molecule has 0 aliphatic heterocycles. The second-order valence-electron chi connectivity index (χ2n) is 5.92. The molecule has 0 atom stereocenters. The van der Waals surface area contributed by atoms with Crippen molar-refractivity contribution in [2.24, 2.45) is 0 Å². The van der Waals surface area contributed by atoms with Crippen molar-refractivity contribution in [1.29, 1.82) is 0 Å². The summed E-state index contributed by atoms with van der Waals surface area (Å²) in [5, 5.41) is 9.78. The van der Waals surface area contributed by atoms with Gasteiger partial charge >= 0.3 is 0 Å². The Labute approximate surface area is 153 Å². The van der Waals surface area contributed by atoms with Crippen LogP contribution in [0.5, 0.6) is 0 Å². The number of nitrogens with zero attached hydrogens (tertiary/aromatic N) is 6. The summed E-state index contributed by atoms with van der Waals surface area (Å²) in [5.41, 5.74) is 3.39. The van der Waals surface area contributed by atoms with E-state index in [0.29, 0.717) is 28.0 Å². The van der Waals surface area contributed by atoms with Crippen molar-refractivity contribution in [2.75, 3.05) is 0 Å². The summed E-state index contributed by atoms with van der Waals surface area (Å²) in [5.74, 6) is 0.924. The molecule has 3 heterocycles. The van der Waals surface area contributed by atoms with Gasteiger partial charge in [0.25, 0.3) is 5.22 Å². The lowest BCUT2D eigenvalue weighted by Crippen LogP contribution is -2.02. The third-order valence-electron chi connectivity index (χ3n) is 4.15. The van der Waals surface area contributed by atoms with Crippen molar-refractivity contribution in [1.82, 2.24) is 29.9 Å². The topological polar surface area (TPSA) is 82.5 Å². The van der Waals surface area contributed by atoms with Crippen LogP contribution in [-0.2, 0) is 13.0 Å². The van der Waals surface area contributed by atoms with E-state index in [1.165, 1.54) is 18.1 Å². The van der Waals surface area contributed by atoms with Crippen molar-refractivity contribution in [3.05, 3.63) is 59.8 Å². The van der Waals surface area contributed by atoms with E-state index < -0.39 is 0 Å². The summed E-state index contributed by atoms with van der Waals surface area (Å²) >= 11 is 1.35. The molecule has 0 amide bonds. The van der Waals surface area contributed by atoms with E-state index in [1.807, 2.05) is 24.3 Å². The molecule has 26 heavy (non-hydrogen) atoms. The minimum atomic E-state index is 0.569. The number of aromatic nitrogens is 6. The average Bonchev–Trinajstić information content (AvgIpc) is 3.27. The largest absolute Gasteiger partial charge is 0.436 e. The van der Waals surface area contributed by atoms with Crippen LogP contribution >= 0.6 is 11.8 Å². The van der Waals surface area contributed by atoms with Crippen molar-refractivity contribution in [3.63, 3.8) is 0 Å². The normalized spacial score (nSPS) is 13.2. The van der Waals surface area contributed by atoms with E-state index in [-0.39, 0.29) is 0 Å². The van der Waals surface area contributed by atoms with Crippen molar-refractivity contribution in [2.45, 2.75) is 29.6 Å². The van der Waals surface area contributed by atoms with Gasteiger partial charge in [-0.25, -0.2) is 19.6 Å². The van der Waals surface area contributed by atoms with E-state index in [0.717, 1.165) is 29.9 Å². The monoisotopic (exact) mass is 362 g/mol. The fourth-order valence-corrected chi connectivity index (χ4v) is 3.68. The molecule has 3 aromatic heterocycles. The Kier molecular flexibility index (Phi) is 3.75. The summed E-state index contributed by atoms with van der Waals surface area (Å²) < 4.78 is 7.62. The Morgan fingerprint density at radius 1 is 1.15 bits per heavy atom. The fourth-order valence-electron chi connectivity index (χ4n) is 2.90. The van der Waals surface area contributed by atoms with Gasteiger partial charge in [-0.2, -0.15) is 0 Å². The van der Waals surface area contributed by atoms with Crippen LogP contribution in [0.25, 0.3) is 17.2 Å². The van der Waals surface area contributed by atoms with Crippen LogP contribution in [0.15, 0.2) is 57.4 Å². The highest BCUT2D eigenvalue weighted by Crippen LogP contribution is 2.32. The zero-order valence-electron chi connectivity index (χ0n) is 13.7. The first-order valence-corrected chi connectivity index (χ1v) is 9.11. The van der Waals surface area contributed by atoms with Gasteiger partial charge in [0.1, 0.15) is 22.8 Å². The highest BCUT2D eigenvalue weighted by Gasteiger charge is 2.18. The van der Waals surface area contributed by atoms with Crippen molar-refractivity contribution >= 4 is 29.0 Å². The van der Waals surface area contributed by atoms with E-state index in [4.69, 9.17) is 4.42 Å². The predicted molar refractivity (Wildman–Crippen MR) is 96.6 cm³/mol. The lowest BCUT2D eigenvalue weighted by atomic mass is 10.1. The zero-order valence-corrected chi connectivity index (χ0v) is 14.6. The van der Waals surface area contributed by atoms with Gasteiger partial charge < -0.3 is 4.42 Å². The van der Waals surface area contributed by atoms with Gasteiger partial charge in [-0.3, -0.25) is 0 Å². The Hall–Kier alpha value is -3.00. The van der Waals surface area contributed by atoms with Gasteiger partial charge in [-0.1, -0.05) is 41.6 Å². The van der Waals surface area contributed by atoms with Crippen LogP contribution in [0.1, 0.15) is 23.4 Å². The highest BCUT2D eigenvalue weighted by molar-refractivity contribution is 7.99. The fraction of sp³-hybridized carbons (Fsp3) is 0.167. The summed E-state index contributed by atoms with van der Waals surface area (Å²) in [6.07, 6.45) is 7.50. The first kappa shape index (κ1) is 15.3. The molecule has 0 fully saturated rings. The van der Waals surface area contributed by atoms with E-state index in [1.54, 1.807) is 4.68 Å². The lowest BCUT2D eigenvalue weighted by Gasteiger charge is -2.02. The predicted octanol–water partition coefficient (Wildman–Crippen LogP) is 3.37. The minimum Gasteiger partial charge on any atom is -0.436 e. The molecule has 8 heteroatoms. The van der Waals surface area contributed by atoms with Crippen molar-refractivity contribution < 1.29 is 4.42 Å². The highest BCUT2D eigenvalue weighted by atomic mass is 32.2. The summed E-state index contributed by atoms with van der Waals surface area (Å²) in [6.45, 7) is 0.608. The van der Waals surface area contributed by atoms with Crippen LogP contribution < -0.4 is 0 Å². The first-order chi connectivity index (χ1) is 12.9. The van der Waals surface area contributed by atoms with Gasteiger partial charge in [0, 0.05) is 6.42 Å². The van der Waals surface area contributed by atoms with E-state index in [2.05, 4.69) is 43.5 Å². The molecule has 0 saturated carbocycles. The van der Waals surface area contributed by atoms with Gasteiger partial charge in [0.05, 0.1) is 6.54 Å². The number of hydrogen-bond donors (Lipinski definition) is 0. The number of aryl methyl sites for hydroxylation is 1. The van der Waals surface area contributed by atoms with Crippen molar-refractivity contribution in [3.8, 4) is 0 Å². The molecule has 0 radical (unpaired) electrons. The average molecular weight is 362 g/mol. The van der Waals surface area contributed by atoms with Crippen LogP contribution in [0.3, 0.4) is 0 Å². The smallest absolute Gasteiger partial charge is 0.262 e. The standard InChI is InChI=1S/C18H14N6OS/c1-2-6-12(7-3-1)10-24-16-15(22-23-24)17(20-11-19-16)26-18-21-13-8-4-5-9-14(13)25-18/h1-4,6-8,11H,5,9-10H2. The summed E-state index contributed by atoms with van der Waals surface area (Å²) in [4.78, 5) is 13.2. The maximum Gasteiger partial charge on any atom is 0.262 e. The molecule has 4 aromatic rings. The van der Waals surface area contributed by atoms with E-state index in [9.17, 15) is 0 Å². The number of allylic oxidation sites excluding steroid dienone is 1. The molecule has 0 bridgehead atoms. The maximum absolute atomic E-state index is 5.85. The van der Waals surface area contributed by atoms with Gasteiger partial charge in [-0.05, 0) is 29.8 Å². The molecular formula is C18H14N6OS. The number of fused-ring (bicyclic) bond motifs is 2. The molecule has 0 spiro atoms. The first-order valence-electron chi connectivity index (χ1n) is 8.29. The number of benzene rings is 1. The maximum atomic E-state index is 5.85.